The highest BCUT2D eigenvalue weighted by Gasteiger charge is 2.46. The molecule has 4 heteroatoms. The van der Waals surface area contributed by atoms with E-state index in [0.29, 0.717) is 6.54 Å². The van der Waals surface area contributed by atoms with E-state index in [9.17, 15) is 0 Å². The van der Waals surface area contributed by atoms with Gasteiger partial charge >= 0.3 is 0 Å². The minimum Gasteiger partial charge on any atom is -0.352 e. The van der Waals surface area contributed by atoms with E-state index in [4.69, 9.17) is 15.2 Å². The molecule has 2 aliphatic heterocycles. The van der Waals surface area contributed by atoms with Gasteiger partial charge in [0.15, 0.2) is 6.29 Å². The van der Waals surface area contributed by atoms with Crippen LogP contribution in [0.15, 0.2) is 30.3 Å². The number of rotatable bonds is 4. The first-order valence-electron chi connectivity index (χ1n) is 6.99. The number of nitrogens with zero attached hydrogens (tertiary/aromatic N) is 1. The zero-order chi connectivity index (χ0) is 13.1. The van der Waals surface area contributed by atoms with Gasteiger partial charge in [-0.05, 0) is 12.1 Å². The summed E-state index contributed by atoms with van der Waals surface area (Å²) in [7, 11) is 0. The van der Waals surface area contributed by atoms with Crippen molar-refractivity contribution >= 4 is 0 Å². The lowest BCUT2D eigenvalue weighted by Crippen LogP contribution is -2.62. The number of hydrogen-bond acceptors (Lipinski definition) is 4. The quantitative estimate of drug-likeness (QED) is 0.886. The summed E-state index contributed by atoms with van der Waals surface area (Å²) in [5.41, 5.74) is 7.11. The number of benzene rings is 1. The molecule has 0 atom stereocenters. The molecule has 0 radical (unpaired) electrons. The van der Waals surface area contributed by atoms with E-state index >= 15 is 0 Å². The summed E-state index contributed by atoms with van der Waals surface area (Å²) in [6.45, 7) is 5.40. The molecule has 1 aromatic carbocycles. The number of nitrogens with two attached hydrogens (primary N) is 1. The Bertz CT molecular complexity index is 394. The normalized spacial score (nSPS) is 23.4. The van der Waals surface area contributed by atoms with E-state index in [1.165, 1.54) is 5.56 Å². The minimum atomic E-state index is -0.0844. The van der Waals surface area contributed by atoms with Crippen LogP contribution in [0.1, 0.15) is 12.0 Å². The first-order valence-corrected chi connectivity index (χ1v) is 6.99. The van der Waals surface area contributed by atoms with Crippen LogP contribution in [0.4, 0.5) is 0 Å². The molecule has 3 rings (SSSR count). The third-order valence-electron chi connectivity index (χ3n) is 3.92. The van der Waals surface area contributed by atoms with Crippen molar-refractivity contribution in [3.63, 3.8) is 0 Å². The van der Waals surface area contributed by atoms with Crippen LogP contribution in [0, 0.1) is 5.41 Å². The van der Waals surface area contributed by atoms with Gasteiger partial charge in [-0.25, -0.2) is 0 Å². The van der Waals surface area contributed by atoms with Crippen LogP contribution in [0.5, 0.6) is 0 Å². The maximum atomic E-state index is 5.75. The fourth-order valence-corrected chi connectivity index (χ4v) is 2.97. The van der Waals surface area contributed by atoms with Gasteiger partial charge in [0.25, 0.3) is 0 Å². The van der Waals surface area contributed by atoms with Crippen molar-refractivity contribution in [2.24, 2.45) is 11.1 Å². The van der Waals surface area contributed by atoms with Crippen LogP contribution < -0.4 is 5.73 Å². The van der Waals surface area contributed by atoms with Crippen molar-refractivity contribution in [1.82, 2.24) is 4.90 Å². The Morgan fingerprint density at radius 1 is 1.16 bits per heavy atom. The second-order valence-electron chi connectivity index (χ2n) is 5.76. The molecule has 19 heavy (non-hydrogen) atoms. The molecule has 0 aliphatic carbocycles. The second-order valence-corrected chi connectivity index (χ2v) is 5.76. The Balaban J connectivity index is 1.45. The van der Waals surface area contributed by atoms with Gasteiger partial charge in [-0.2, -0.15) is 0 Å². The third-order valence-corrected chi connectivity index (χ3v) is 3.92. The lowest BCUT2D eigenvalue weighted by molar-refractivity contribution is -0.259. The zero-order valence-corrected chi connectivity index (χ0v) is 11.3. The Kier molecular flexibility index (Phi) is 3.84. The van der Waals surface area contributed by atoms with Crippen LogP contribution in [0.3, 0.4) is 0 Å². The van der Waals surface area contributed by atoms with E-state index in [1.807, 2.05) is 0 Å². The van der Waals surface area contributed by atoms with E-state index in [0.717, 1.165) is 39.3 Å². The summed E-state index contributed by atoms with van der Waals surface area (Å²) in [4.78, 5) is 2.45. The molecule has 0 bridgehead atoms. The summed E-state index contributed by atoms with van der Waals surface area (Å²) < 4.78 is 11.5. The van der Waals surface area contributed by atoms with Crippen LogP contribution >= 0.6 is 0 Å². The minimum absolute atomic E-state index is 0.0844. The second kappa shape index (κ2) is 5.59. The van der Waals surface area contributed by atoms with Gasteiger partial charge in [-0.1, -0.05) is 30.3 Å². The topological polar surface area (TPSA) is 47.7 Å². The molecule has 4 nitrogen and oxygen atoms in total. The van der Waals surface area contributed by atoms with Crippen LogP contribution in [-0.2, 0) is 16.0 Å². The van der Waals surface area contributed by atoms with Gasteiger partial charge in [-0.15, -0.1) is 0 Å². The lowest BCUT2D eigenvalue weighted by Gasteiger charge is -2.52. The molecular weight excluding hydrogens is 240 g/mol. The molecule has 0 saturated carbocycles. The molecule has 2 saturated heterocycles. The average molecular weight is 262 g/mol. The summed E-state index contributed by atoms with van der Waals surface area (Å²) in [5.74, 6) is 0. The van der Waals surface area contributed by atoms with Crippen LogP contribution in [-0.4, -0.2) is 44.0 Å². The van der Waals surface area contributed by atoms with Crippen LogP contribution in [0.2, 0.25) is 0 Å². The fraction of sp³-hybridized carbons (Fsp3) is 0.600. The molecule has 2 N–H and O–H groups in total. The monoisotopic (exact) mass is 262 g/mol. The summed E-state index contributed by atoms with van der Waals surface area (Å²) in [6, 6.07) is 10.6. The van der Waals surface area contributed by atoms with Crippen molar-refractivity contribution in [1.29, 1.82) is 0 Å². The van der Waals surface area contributed by atoms with E-state index in [1.54, 1.807) is 0 Å². The highest BCUT2D eigenvalue weighted by Crippen LogP contribution is 2.36. The predicted octanol–water partition coefficient (Wildman–Crippen LogP) is 1.21. The number of likely N-dealkylation sites (tertiary alicyclic amines) is 1. The highest BCUT2D eigenvalue weighted by molar-refractivity contribution is 5.15. The van der Waals surface area contributed by atoms with Gasteiger partial charge in [0, 0.05) is 31.5 Å². The molecule has 1 spiro atoms. The van der Waals surface area contributed by atoms with Crippen molar-refractivity contribution in [3.8, 4) is 0 Å². The van der Waals surface area contributed by atoms with E-state index < -0.39 is 0 Å². The first-order chi connectivity index (χ1) is 9.30. The SMILES string of the molecule is NCCC1OCC2(CO1)CN(Cc1ccccc1)C2. The molecule has 104 valence electrons. The Morgan fingerprint density at radius 2 is 1.84 bits per heavy atom. The zero-order valence-electron chi connectivity index (χ0n) is 11.3. The predicted molar refractivity (Wildman–Crippen MR) is 73.5 cm³/mol. The van der Waals surface area contributed by atoms with Crippen LogP contribution in [0.25, 0.3) is 0 Å². The van der Waals surface area contributed by atoms with Crippen molar-refractivity contribution in [2.75, 3.05) is 32.8 Å². The lowest BCUT2D eigenvalue weighted by atomic mass is 9.80. The Labute approximate surface area is 114 Å². The maximum absolute atomic E-state index is 5.75. The number of ether oxygens (including phenoxy) is 2. The maximum Gasteiger partial charge on any atom is 0.158 e. The summed E-state index contributed by atoms with van der Waals surface area (Å²) in [5, 5.41) is 0. The van der Waals surface area contributed by atoms with Crippen molar-refractivity contribution in [3.05, 3.63) is 35.9 Å². The molecule has 0 aromatic heterocycles. The van der Waals surface area contributed by atoms with Gasteiger partial charge < -0.3 is 15.2 Å². The molecular formula is C15H22N2O2. The molecule has 2 heterocycles. The molecule has 2 fully saturated rings. The third kappa shape index (κ3) is 2.98. The highest BCUT2D eigenvalue weighted by atomic mass is 16.7. The standard InChI is InChI=1S/C15H22N2O2/c16-7-6-14-18-11-15(12-19-14)9-17(10-15)8-13-4-2-1-3-5-13/h1-5,14H,6-12,16H2. The van der Waals surface area contributed by atoms with Gasteiger partial charge in [0.2, 0.25) is 0 Å². The Morgan fingerprint density at radius 3 is 2.47 bits per heavy atom. The number of hydrogen-bond donors (Lipinski definition) is 1. The van der Waals surface area contributed by atoms with Crippen molar-refractivity contribution in [2.45, 2.75) is 19.3 Å². The van der Waals surface area contributed by atoms with Crippen molar-refractivity contribution < 1.29 is 9.47 Å². The smallest absolute Gasteiger partial charge is 0.158 e. The summed E-state index contributed by atoms with van der Waals surface area (Å²) in [6.07, 6.45) is 0.711. The van der Waals surface area contributed by atoms with Gasteiger partial charge in [-0.3, -0.25) is 4.90 Å². The average Bonchev–Trinajstić information content (AvgIpc) is 2.41. The molecule has 0 amide bonds. The van der Waals surface area contributed by atoms with E-state index in [-0.39, 0.29) is 11.7 Å². The van der Waals surface area contributed by atoms with E-state index in [2.05, 4.69) is 35.2 Å². The summed E-state index contributed by atoms with van der Waals surface area (Å²) >= 11 is 0. The largest absolute Gasteiger partial charge is 0.352 e. The Hall–Kier alpha value is -0.940. The molecule has 1 aromatic rings. The molecule has 2 aliphatic rings. The van der Waals surface area contributed by atoms with Gasteiger partial charge in [0.05, 0.1) is 13.2 Å². The van der Waals surface area contributed by atoms with Gasteiger partial charge in [0.1, 0.15) is 0 Å². The fourth-order valence-electron chi connectivity index (χ4n) is 2.97. The molecule has 0 unspecified atom stereocenters. The first kappa shape index (κ1) is 13.1.